The molecule has 0 bridgehead atoms. The number of hydrogen-bond donors (Lipinski definition) is 3. The molecule has 0 radical (unpaired) electrons. The van der Waals surface area contributed by atoms with Gasteiger partial charge in [0.15, 0.2) is 0 Å². The quantitative estimate of drug-likeness (QED) is 0.167. The highest BCUT2D eigenvalue weighted by Gasteiger charge is 2.20. The van der Waals surface area contributed by atoms with Gasteiger partial charge in [-0.25, -0.2) is 0 Å². The van der Waals surface area contributed by atoms with Gasteiger partial charge in [0.25, 0.3) is 0 Å². The Labute approximate surface area is 266 Å². The number of aromatic hydroxyl groups is 3. The minimum atomic E-state index is 0.0607. The van der Waals surface area contributed by atoms with Gasteiger partial charge in [0, 0.05) is 33.4 Å². The van der Waals surface area contributed by atoms with Gasteiger partial charge in [-0.1, -0.05) is 121 Å². The third-order valence-corrected chi connectivity index (χ3v) is 8.93. The molecule has 8 rings (SSSR count). The van der Waals surface area contributed by atoms with E-state index in [0.29, 0.717) is 22.3 Å². The van der Waals surface area contributed by atoms with Crippen molar-refractivity contribution in [1.29, 1.82) is 0 Å². The van der Waals surface area contributed by atoms with Crippen LogP contribution in [-0.4, -0.2) is 15.3 Å². The Balaban J connectivity index is 1.17. The molecular weight excluding hydrogens is 568 g/mol. The van der Waals surface area contributed by atoms with Crippen LogP contribution in [0.25, 0.3) is 65.3 Å². The molecule has 222 valence electrons. The van der Waals surface area contributed by atoms with Crippen molar-refractivity contribution in [3.63, 3.8) is 0 Å². The Bertz CT molecular complexity index is 2390. The van der Waals surface area contributed by atoms with E-state index in [-0.39, 0.29) is 30.5 Å². The number of rotatable bonds is 6. The maximum Gasteiger partial charge on any atom is 0.129 e. The second-order valence-corrected chi connectivity index (χ2v) is 11.7. The maximum atomic E-state index is 11.7. The molecule has 0 fully saturated rings. The van der Waals surface area contributed by atoms with E-state index in [2.05, 4.69) is 30.3 Å². The van der Waals surface area contributed by atoms with E-state index < -0.39 is 0 Å². The van der Waals surface area contributed by atoms with Gasteiger partial charge in [-0.2, -0.15) is 0 Å². The van der Waals surface area contributed by atoms with Crippen molar-refractivity contribution in [3.05, 3.63) is 151 Å². The third kappa shape index (κ3) is 4.59. The number of fused-ring (bicyclic) bond motifs is 4. The molecule has 46 heavy (non-hydrogen) atoms. The molecule has 4 nitrogen and oxygen atoms in total. The topological polar surface area (TPSA) is 69.9 Å². The van der Waals surface area contributed by atoms with Crippen molar-refractivity contribution in [2.45, 2.75) is 13.2 Å². The first kappa shape index (κ1) is 27.7. The maximum absolute atomic E-state index is 11.7. The summed E-state index contributed by atoms with van der Waals surface area (Å²) in [5, 5.41) is 42.4. The number of phenols is 3. The Hall–Kier alpha value is -5.84. The predicted octanol–water partition coefficient (Wildman–Crippen LogP) is 10.5. The standard InChI is InChI=1S/C42H30O4/c43-37-21-20-26-10-1-5-15-32(26)39(37)40-35-18-8-4-13-29(35)23-31(42(40)45)25-46-24-30-14-9-19-36(41(30)44)38-33-16-6-2-11-27(33)22-28-12-3-7-17-34(28)38/h1-23,43-45H,24-25H2. The van der Waals surface area contributed by atoms with Gasteiger partial charge in [0.05, 0.1) is 13.2 Å². The minimum absolute atomic E-state index is 0.0607. The fraction of sp³-hybridized carbons (Fsp3) is 0.0476. The highest BCUT2D eigenvalue weighted by atomic mass is 16.5. The molecule has 0 aliphatic carbocycles. The molecule has 0 atom stereocenters. The average molecular weight is 599 g/mol. The Morgan fingerprint density at radius 2 is 0.913 bits per heavy atom. The molecule has 0 heterocycles. The van der Waals surface area contributed by atoms with E-state index in [0.717, 1.165) is 54.2 Å². The van der Waals surface area contributed by atoms with E-state index in [1.807, 2.05) is 103 Å². The van der Waals surface area contributed by atoms with Gasteiger partial charge < -0.3 is 20.1 Å². The van der Waals surface area contributed by atoms with Gasteiger partial charge in [-0.05, 0) is 61.3 Å². The molecule has 3 N–H and O–H groups in total. The summed E-state index contributed by atoms with van der Waals surface area (Å²) in [5.41, 5.74) is 4.13. The van der Waals surface area contributed by atoms with Crippen molar-refractivity contribution in [3.8, 4) is 39.5 Å². The minimum Gasteiger partial charge on any atom is -0.507 e. The van der Waals surface area contributed by atoms with Crippen LogP contribution in [0.4, 0.5) is 0 Å². The fourth-order valence-corrected chi connectivity index (χ4v) is 6.76. The van der Waals surface area contributed by atoms with E-state index in [9.17, 15) is 15.3 Å². The van der Waals surface area contributed by atoms with Crippen LogP contribution in [0, 0.1) is 0 Å². The largest absolute Gasteiger partial charge is 0.507 e. The first-order chi connectivity index (χ1) is 22.6. The second kappa shape index (κ2) is 11.3. The van der Waals surface area contributed by atoms with Crippen LogP contribution in [0.1, 0.15) is 11.1 Å². The van der Waals surface area contributed by atoms with Crippen molar-refractivity contribution in [2.24, 2.45) is 0 Å². The average Bonchev–Trinajstić information content (AvgIpc) is 3.09. The molecule has 0 amide bonds. The Morgan fingerprint density at radius 3 is 1.57 bits per heavy atom. The highest BCUT2D eigenvalue weighted by Crippen LogP contribution is 2.47. The Morgan fingerprint density at radius 1 is 0.391 bits per heavy atom. The summed E-state index contributed by atoms with van der Waals surface area (Å²) >= 11 is 0. The van der Waals surface area contributed by atoms with Crippen LogP contribution >= 0.6 is 0 Å². The number of para-hydroxylation sites is 1. The zero-order chi connectivity index (χ0) is 31.2. The number of phenolic OH excluding ortho intramolecular Hbond substituents is 3. The zero-order valence-corrected chi connectivity index (χ0v) is 24.9. The van der Waals surface area contributed by atoms with Gasteiger partial charge >= 0.3 is 0 Å². The highest BCUT2D eigenvalue weighted by molar-refractivity contribution is 6.13. The number of ether oxygens (including phenoxy) is 1. The normalized spacial score (nSPS) is 11.6. The van der Waals surface area contributed by atoms with Crippen LogP contribution in [0.15, 0.2) is 140 Å². The van der Waals surface area contributed by atoms with E-state index in [4.69, 9.17) is 4.74 Å². The Kier molecular flexibility index (Phi) is 6.78. The summed E-state index contributed by atoms with van der Waals surface area (Å²) in [6.45, 7) is 0.250. The molecular formula is C42H30O4. The van der Waals surface area contributed by atoms with Crippen LogP contribution < -0.4 is 0 Å². The molecule has 0 saturated heterocycles. The third-order valence-electron chi connectivity index (χ3n) is 8.93. The van der Waals surface area contributed by atoms with Crippen LogP contribution in [0.5, 0.6) is 17.2 Å². The lowest BCUT2D eigenvalue weighted by molar-refractivity contribution is 0.104. The zero-order valence-electron chi connectivity index (χ0n) is 24.9. The van der Waals surface area contributed by atoms with Crippen molar-refractivity contribution in [1.82, 2.24) is 0 Å². The summed E-state index contributed by atoms with van der Waals surface area (Å²) in [6.07, 6.45) is 0. The van der Waals surface area contributed by atoms with Gasteiger partial charge in [0.2, 0.25) is 0 Å². The fourth-order valence-electron chi connectivity index (χ4n) is 6.76. The number of hydrogen-bond acceptors (Lipinski definition) is 4. The van der Waals surface area contributed by atoms with Crippen molar-refractivity contribution >= 4 is 43.1 Å². The van der Waals surface area contributed by atoms with Crippen molar-refractivity contribution < 1.29 is 20.1 Å². The van der Waals surface area contributed by atoms with Gasteiger partial charge in [0.1, 0.15) is 17.2 Å². The second-order valence-electron chi connectivity index (χ2n) is 11.7. The van der Waals surface area contributed by atoms with Crippen LogP contribution in [0.3, 0.4) is 0 Å². The van der Waals surface area contributed by atoms with E-state index in [1.54, 1.807) is 6.07 Å². The molecule has 4 heteroatoms. The van der Waals surface area contributed by atoms with Crippen molar-refractivity contribution in [2.75, 3.05) is 0 Å². The van der Waals surface area contributed by atoms with Crippen LogP contribution in [0.2, 0.25) is 0 Å². The van der Waals surface area contributed by atoms with Gasteiger partial charge in [-0.3, -0.25) is 0 Å². The molecule has 0 aliphatic rings. The summed E-state index contributed by atoms with van der Waals surface area (Å²) in [6, 6.07) is 45.6. The molecule has 8 aromatic rings. The lowest BCUT2D eigenvalue weighted by atomic mass is 9.90. The van der Waals surface area contributed by atoms with E-state index in [1.165, 1.54) is 0 Å². The van der Waals surface area contributed by atoms with Crippen LogP contribution in [-0.2, 0) is 18.0 Å². The summed E-state index contributed by atoms with van der Waals surface area (Å²) in [7, 11) is 0. The first-order valence-electron chi connectivity index (χ1n) is 15.3. The summed E-state index contributed by atoms with van der Waals surface area (Å²) < 4.78 is 6.21. The number of benzene rings is 8. The van der Waals surface area contributed by atoms with Gasteiger partial charge in [-0.15, -0.1) is 0 Å². The predicted molar refractivity (Wildman–Crippen MR) is 187 cm³/mol. The molecule has 0 saturated carbocycles. The first-order valence-corrected chi connectivity index (χ1v) is 15.3. The molecule has 0 spiro atoms. The smallest absolute Gasteiger partial charge is 0.129 e. The molecule has 0 aliphatic heterocycles. The van der Waals surface area contributed by atoms with E-state index >= 15 is 0 Å². The SMILES string of the molecule is Oc1ccc2ccccc2c1-c1c(O)c(COCc2cccc(-c3c4ccccc4cc4ccccc34)c2O)cc2ccccc12. The molecule has 0 aromatic heterocycles. The summed E-state index contributed by atoms with van der Waals surface area (Å²) in [4.78, 5) is 0. The molecule has 0 unspecified atom stereocenters. The lowest BCUT2D eigenvalue weighted by Gasteiger charge is -2.18. The lowest BCUT2D eigenvalue weighted by Crippen LogP contribution is -1.98. The monoisotopic (exact) mass is 598 g/mol. The summed E-state index contributed by atoms with van der Waals surface area (Å²) in [5.74, 6) is 0.332. The molecule has 8 aromatic carbocycles.